The molecule has 0 aromatic heterocycles. The molecule has 1 aliphatic heterocycles. The first-order chi connectivity index (χ1) is 12.9. The Morgan fingerprint density at radius 1 is 1.19 bits per heavy atom. The van der Waals surface area contributed by atoms with Gasteiger partial charge in [0.2, 0.25) is 5.91 Å². The summed E-state index contributed by atoms with van der Waals surface area (Å²) in [5.41, 5.74) is -0.710. The number of anilines is 1. The Kier molecular flexibility index (Phi) is 5.14. The smallest absolute Gasteiger partial charge is 0.322 e. The lowest BCUT2D eigenvalue weighted by Gasteiger charge is -2.25. The van der Waals surface area contributed by atoms with E-state index in [1.807, 2.05) is 0 Å². The van der Waals surface area contributed by atoms with Crippen molar-refractivity contribution in [3.63, 3.8) is 0 Å². The van der Waals surface area contributed by atoms with Crippen LogP contribution in [0.2, 0.25) is 5.02 Å². The first-order valence-electron chi connectivity index (χ1n) is 8.32. The summed E-state index contributed by atoms with van der Waals surface area (Å²) in [6.07, 6.45) is 0.296. The highest BCUT2D eigenvalue weighted by Gasteiger charge is 2.51. The third-order valence-electron chi connectivity index (χ3n) is 4.49. The number of carbonyl (C=O) groups excluding carboxylic acids is 3. The molecule has 0 radical (unpaired) electrons. The molecule has 0 unspecified atom stereocenters. The third-order valence-corrected chi connectivity index (χ3v) is 4.74. The Hall–Kier alpha value is -2.93. The van der Waals surface area contributed by atoms with Crippen LogP contribution in [-0.4, -0.2) is 29.3 Å². The van der Waals surface area contributed by atoms with Crippen LogP contribution in [0.5, 0.6) is 0 Å². The second-order valence-electron chi connectivity index (χ2n) is 6.12. The van der Waals surface area contributed by atoms with E-state index in [1.54, 1.807) is 37.3 Å². The van der Waals surface area contributed by atoms with Gasteiger partial charge in [-0.15, -0.1) is 0 Å². The van der Waals surface area contributed by atoms with Crippen molar-refractivity contribution in [1.29, 1.82) is 0 Å². The lowest BCUT2D eigenvalue weighted by atomic mass is 9.87. The van der Waals surface area contributed by atoms with Gasteiger partial charge in [0.1, 0.15) is 17.9 Å². The van der Waals surface area contributed by atoms with Gasteiger partial charge in [-0.2, -0.15) is 0 Å². The highest BCUT2D eigenvalue weighted by atomic mass is 35.5. The molecular formula is C19H17ClFN3O3. The average molecular weight is 390 g/mol. The lowest BCUT2D eigenvalue weighted by molar-refractivity contribution is -0.134. The van der Waals surface area contributed by atoms with Crippen molar-refractivity contribution >= 4 is 35.1 Å². The van der Waals surface area contributed by atoms with Crippen LogP contribution in [0.15, 0.2) is 48.5 Å². The predicted molar refractivity (Wildman–Crippen MR) is 98.7 cm³/mol. The number of carbonyl (C=O) groups is 3. The molecule has 1 fully saturated rings. The number of imide groups is 1. The first kappa shape index (κ1) is 18.8. The SMILES string of the molecule is CC[C@@]1(c2ccc(Cl)cc2)NC(=O)N(CC(=O)Nc2ccccc2F)C1=O. The van der Waals surface area contributed by atoms with Crippen LogP contribution in [0.1, 0.15) is 18.9 Å². The average Bonchev–Trinajstić information content (AvgIpc) is 2.89. The molecule has 3 rings (SSSR count). The predicted octanol–water partition coefficient (Wildman–Crippen LogP) is 3.27. The molecule has 4 amide bonds. The number of hydrogen-bond acceptors (Lipinski definition) is 3. The zero-order valence-corrected chi connectivity index (χ0v) is 15.2. The number of halogens is 2. The number of nitrogens with zero attached hydrogens (tertiary/aromatic N) is 1. The van der Waals surface area contributed by atoms with Gasteiger partial charge in [0, 0.05) is 5.02 Å². The van der Waals surface area contributed by atoms with Crippen LogP contribution < -0.4 is 10.6 Å². The van der Waals surface area contributed by atoms with Gasteiger partial charge in [-0.25, -0.2) is 9.18 Å². The summed E-state index contributed by atoms with van der Waals surface area (Å²) in [4.78, 5) is 38.4. The number of nitrogens with one attached hydrogen (secondary N) is 2. The highest BCUT2D eigenvalue weighted by Crippen LogP contribution is 2.33. The Morgan fingerprint density at radius 3 is 2.48 bits per heavy atom. The Morgan fingerprint density at radius 2 is 1.85 bits per heavy atom. The summed E-state index contributed by atoms with van der Waals surface area (Å²) in [6, 6.07) is 11.5. The fourth-order valence-corrected chi connectivity index (χ4v) is 3.17. The molecule has 8 heteroatoms. The number of urea groups is 1. The number of para-hydroxylation sites is 1. The van der Waals surface area contributed by atoms with Crippen molar-refractivity contribution < 1.29 is 18.8 Å². The van der Waals surface area contributed by atoms with Crippen molar-refractivity contribution in [3.05, 3.63) is 64.9 Å². The maximum Gasteiger partial charge on any atom is 0.325 e. The van der Waals surface area contributed by atoms with E-state index in [4.69, 9.17) is 11.6 Å². The molecule has 0 aliphatic carbocycles. The van der Waals surface area contributed by atoms with Gasteiger partial charge in [-0.3, -0.25) is 14.5 Å². The summed E-state index contributed by atoms with van der Waals surface area (Å²) in [6.45, 7) is 1.24. The van der Waals surface area contributed by atoms with Crippen LogP contribution in [0.4, 0.5) is 14.9 Å². The molecule has 1 saturated heterocycles. The quantitative estimate of drug-likeness (QED) is 0.770. The number of rotatable bonds is 5. The largest absolute Gasteiger partial charge is 0.325 e. The Balaban J connectivity index is 1.80. The van der Waals surface area contributed by atoms with Gasteiger partial charge in [-0.05, 0) is 36.2 Å². The molecule has 2 aromatic carbocycles. The van der Waals surface area contributed by atoms with Crippen LogP contribution in [0.3, 0.4) is 0 Å². The molecule has 6 nitrogen and oxygen atoms in total. The van der Waals surface area contributed by atoms with Gasteiger partial charge in [-0.1, -0.05) is 42.8 Å². The van der Waals surface area contributed by atoms with E-state index in [1.165, 1.54) is 18.2 Å². The highest BCUT2D eigenvalue weighted by molar-refractivity contribution is 6.30. The first-order valence-corrected chi connectivity index (χ1v) is 8.69. The van der Waals surface area contributed by atoms with E-state index in [9.17, 15) is 18.8 Å². The fraction of sp³-hybridized carbons (Fsp3) is 0.211. The molecule has 1 heterocycles. The van der Waals surface area contributed by atoms with E-state index in [-0.39, 0.29) is 5.69 Å². The fourth-order valence-electron chi connectivity index (χ4n) is 3.04. The third kappa shape index (κ3) is 3.50. The van der Waals surface area contributed by atoms with Crippen LogP contribution in [0, 0.1) is 5.82 Å². The van der Waals surface area contributed by atoms with Crippen molar-refractivity contribution in [1.82, 2.24) is 10.2 Å². The summed E-state index contributed by atoms with van der Waals surface area (Å²) >= 11 is 5.89. The monoisotopic (exact) mass is 389 g/mol. The Bertz CT molecular complexity index is 903. The van der Waals surface area contributed by atoms with Gasteiger partial charge in [0.05, 0.1) is 5.69 Å². The maximum absolute atomic E-state index is 13.7. The van der Waals surface area contributed by atoms with Crippen molar-refractivity contribution in [3.8, 4) is 0 Å². The zero-order chi connectivity index (χ0) is 19.6. The Labute approximate surface area is 160 Å². The molecule has 0 spiro atoms. The molecule has 27 heavy (non-hydrogen) atoms. The number of amides is 4. The van der Waals surface area contributed by atoms with E-state index < -0.39 is 35.7 Å². The van der Waals surface area contributed by atoms with E-state index in [0.29, 0.717) is 17.0 Å². The minimum atomic E-state index is -1.26. The summed E-state index contributed by atoms with van der Waals surface area (Å²) < 4.78 is 13.7. The van der Waals surface area contributed by atoms with Gasteiger partial charge in [0.25, 0.3) is 5.91 Å². The summed E-state index contributed by atoms with van der Waals surface area (Å²) in [7, 11) is 0. The molecule has 0 saturated carbocycles. The van der Waals surface area contributed by atoms with Crippen molar-refractivity contribution in [2.24, 2.45) is 0 Å². The van der Waals surface area contributed by atoms with Crippen LogP contribution in [0.25, 0.3) is 0 Å². The van der Waals surface area contributed by atoms with Gasteiger partial charge in [0.15, 0.2) is 0 Å². The van der Waals surface area contributed by atoms with Crippen molar-refractivity contribution in [2.45, 2.75) is 18.9 Å². The second kappa shape index (κ2) is 7.36. The molecule has 140 valence electrons. The lowest BCUT2D eigenvalue weighted by Crippen LogP contribution is -2.44. The number of hydrogen-bond donors (Lipinski definition) is 2. The molecular weight excluding hydrogens is 373 g/mol. The minimum absolute atomic E-state index is 0.0194. The summed E-state index contributed by atoms with van der Waals surface area (Å²) in [5.74, 6) is -1.82. The standard InChI is InChI=1S/C19H17ClFN3O3/c1-2-19(12-7-9-13(20)10-8-12)17(26)24(18(27)23-19)11-16(25)22-15-6-4-3-5-14(15)21/h3-10H,2,11H2,1H3,(H,22,25)(H,23,27)/t19-/m0/s1. The van der Waals surface area contributed by atoms with Crippen LogP contribution in [-0.2, 0) is 15.1 Å². The molecule has 2 N–H and O–H groups in total. The zero-order valence-electron chi connectivity index (χ0n) is 14.5. The van der Waals surface area contributed by atoms with Crippen LogP contribution >= 0.6 is 11.6 Å². The van der Waals surface area contributed by atoms with E-state index >= 15 is 0 Å². The van der Waals surface area contributed by atoms with Crippen molar-refractivity contribution in [2.75, 3.05) is 11.9 Å². The second-order valence-corrected chi connectivity index (χ2v) is 6.55. The van der Waals surface area contributed by atoms with E-state index in [2.05, 4.69) is 10.6 Å². The van der Waals surface area contributed by atoms with E-state index in [0.717, 1.165) is 4.90 Å². The minimum Gasteiger partial charge on any atom is -0.322 e. The maximum atomic E-state index is 13.7. The summed E-state index contributed by atoms with van der Waals surface area (Å²) in [5, 5.41) is 5.54. The molecule has 1 aliphatic rings. The normalized spacial score (nSPS) is 19.1. The molecule has 1 atom stereocenters. The molecule has 2 aromatic rings. The molecule has 0 bridgehead atoms. The topological polar surface area (TPSA) is 78.5 Å². The van der Waals surface area contributed by atoms with Gasteiger partial charge < -0.3 is 10.6 Å². The van der Waals surface area contributed by atoms with Gasteiger partial charge >= 0.3 is 6.03 Å². The number of benzene rings is 2.